The standard InChI is InChI=1S/C34H46F2N2O4/c1-31(2)15-13-23(19-33(5,6)37-31)41-29(39)22-10-11-25(27(35)18-22)21-9-12-26(28(36)17-21)30(40)42-24-14-16-32(3,4)38-34(7,8)20-24/h9-12,17-18,23-24,37-38H,13-16,19-20H2,1-8H3. The molecule has 2 saturated heterocycles. The highest BCUT2D eigenvalue weighted by atomic mass is 19.1. The lowest BCUT2D eigenvalue weighted by atomic mass is 9.96. The quantitative estimate of drug-likeness (QED) is 0.358. The van der Waals surface area contributed by atoms with Crippen molar-refractivity contribution < 1.29 is 27.8 Å². The van der Waals surface area contributed by atoms with Crippen LogP contribution in [0, 0.1) is 11.6 Å². The lowest BCUT2D eigenvalue weighted by Gasteiger charge is -2.34. The summed E-state index contributed by atoms with van der Waals surface area (Å²) in [5.74, 6) is -2.80. The van der Waals surface area contributed by atoms with Gasteiger partial charge in [0.25, 0.3) is 0 Å². The van der Waals surface area contributed by atoms with Crippen LogP contribution >= 0.6 is 0 Å². The summed E-state index contributed by atoms with van der Waals surface area (Å²) in [7, 11) is 0. The number of halogens is 2. The van der Waals surface area contributed by atoms with E-state index in [9.17, 15) is 9.59 Å². The number of hydrogen-bond acceptors (Lipinski definition) is 6. The number of esters is 2. The number of carbonyl (C=O) groups is 2. The minimum Gasteiger partial charge on any atom is -0.459 e. The van der Waals surface area contributed by atoms with Crippen molar-refractivity contribution in [1.82, 2.24) is 10.6 Å². The average molecular weight is 585 g/mol. The fourth-order valence-corrected chi connectivity index (χ4v) is 6.81. The summed E-state index contributed by atoms with van der Waals surface area (Å²) in [6.45, 7) is 16.8. The second kappa shape index (κ2) is 11.7. The molecule has 0 aliphatic carbocycles. The van der Waals surface area contributed by atoms with Crippen molar-refractivity contribution in [3.63, 3.8) is 0 Å². The van der Waals surface area contributed by atoms with Gasteiger partial charge in [0, 0.05) is 40.6 Å². The molecule has 0 aromatic heterocycles. The highest BCUT2D eigenvalue weighted by molar-refractivity contribution is 5.91. The molecule has 4 rings (SSSR count). The Morgan fingerprint density at radius 1 is 0.690 bits per heavy atom. The first kappa shape index (κ1) is 32.1. The van der Waals surface area contributed by atoms with Crippen LogP contribution in [0.15, 0.2) is 36.4 Å². The summed E-state index contributed by atoms with van der Waals surface area (Å²) in [5, 5.41) is 7.19. The fourth-order valence-electron chi connectivity index (χ4n) is 6.81. The van der Waals surface area contributed by atoms with E-state index in [1.165, 1.54) is 24.3 Å². The van der Waals surface area contributed by atoms with Crippen LogP contribution in [0.1, 0.15) is 115 Å². The summed E-state index contributed by atoms with van der Waals surface area (Å²) in [6, 6.07) is 7.96. The Kier molecular flexibility index (Phi) is 8.92. The average Bonchev–Trinajstić information content (AvgIpc) is 3.01. The van der Waals surface area contributed by atoms with E-state index in [0.29, 0.717) is 25.7 Å². The van der Waals surface area contributed by atoms with E-state index in [2.05, 4.69) is 66.0 Å². The smallest absolute Gasteiger partial charge is 0.341 e. The Labute approximate surface area is 248 Å². The Morgan fingerprint density at radius 2 is 1.21 bits per heavy atom. The van der Waals surface area contributed by atoms with Crippen molar-refractivity contribution in [2.45, 2.75) is 128 Å². The highest BCUT2D eigenvalue weighted by Crippen LogP contribution is 2.32. The van der Waals surface area contributed by atoms with E-state index in [-0.39, 0.29) is 56.6 Å². The monoisotopic (exact) mass is 584 g/mol. The molecule has 2 aliphatic heterocycles. The lowest BCUT2D eigenvalue weighted by Crippen LogP contribution is -2.51. The zero-order chi connectivity index (χ0) is 31.1. The minimum atomic E-state index is -0.792. The van der Waals surface area contributed by atoms with Gasteiger partial charge in [-0.05, 0) is 111 Å². The molecule has 42 heavy (non-hydrogen) atoms. The van der Waals surface area contributed by atoms with E-state index in [4.69, 9.17) is 9.47 Å². The lowest BCUT2D eigenvalue weighted by molar-refractivity contribution is 0.0214. The third kappa shape index (κ3) is 8.16. The number of carbonyl (C=O) groups excluding carboxylic acids is 2. The molecule has 230 valence electrons. The fraction of sp³-hybridized carbons (Fsp3) is 0.588. The molecule has 8 heteroatoms. The van der Waals surface area contributed by atoms with Crippen molar-refractivity contribution in [3.8, 4) is 11.1 Å². The normalized spacial score (nSPS) is 24.6. The van der Waals surface area contributed by atoms with Crippen LogP contribution in [0.25, 0.3) is 11.1 Å². The number of nitrogens with one attached hydrogen (secondary N) is 2. The largest absolute Gasteiger partial charge is 0.459 e. The van der Waals surface area contributed by atoms with Crippen LogP contribution < -0.4 is 10.6 Å². The van der Waals surface area contributed by atoms with Crippen molar-refractivity contribution in [2.24, 2.45) is 0 Å². The molecule has 0 bridgehead atoms. The van der Waals surface area contributed by atoms with Gasteiger partial charge >= 0.3 is 11.9 Å². The zero-order valence-electron chi connectivity index (χ0n) is 26.3. The summed E-state index contributed by atoms with van der Waals surface area (Å²) in [4.78, 5) is 25.8. The van der Waals surface area contributed by atoms with Crippen LogP contribution in [0.5, 0.6) is 0 Å². The first-order chi connectivity index (χ1) is 19.3. The molecule has 0 radical (unpaired) electrons. The van der Waals surface area contributed by atoms with E-state index >= 15 is 8.78 Å². The SMILES string of the molecule is CC1(C)CCC(OC(=O)c2ccc(-c3ccc(C(=O)OC4CCC(C)(C)NC(C)(C)C4)c(F)c3)c(F)c2)CC(C)(C)N1. The van der Waals surface area contributed by atoms with Gasteiger partial charge in [0.1, 0.15) is 23.8 Å². The Hall–Kier alpha value is -2.84. The molecule has 2 fully saturated rings. The minimum absolute atomic E-state index is 0.0825. The Bertz CT molecular complexity index is 1330. The first-order valence-corrected chi connectivity index (χ1v) is 14.9. The molecule has 2 unspecified atom stereocenters. The Balaban J connectivity index is 1.44. The molecular formula is C34H46F2N2O4. The third-order valence-corrected chi connectivity index (χ3v) is 8.26. The summed E-state index contributed by atoms with van der Waals surface area (Å²) in [5.41, 5.74) is -0.386. The molecular weight excluding hydrogens is 538 g/mol. The van der Waals surface area contributed by atoms with Crippen LogP contribution in [-0.4, -0.2) is 46.3 Å². The number of hydrogen-bond donors (Lipinski definition) is 2. The first-order valence-electron chi connectivity index (χ1n) is 14.9. The Morgan fingerprint density at radius 3 is 1.71 bits per heavy atom. The van der Waals surface area contributed by atoms with E-state index in [1.54, 1.807) is 0 Å². The van der Waals surface area contributed by atoms with Gasteiger partial charge in [-0.15, -0.1) is 0 Å². The van der Waals surface area contributed by atoms with Crippen molar-refractivity contribution >= 4 is 11.9 Å². The van der Waals surface area contributed by atoms with Crippen LogP contribution in [0.3, 0.4) is 0 Å². The van der Waals surface area contributed by atoms with E-state index in [0.717, 1.165) is 25.0 Å². The summed E-state index contributed by atoms with van der Waals surface area (Å²) in [6.07, 6.45) is 3.63. The van der Waals surface area contributed by atoms with Crippen LogP contribution in [-0.2, 0) is 9.47 Å². The maximum Gasteiger partial charge on any atom is 0.341 e. The maximum atomic E-state index is 15.2. The van der Waals surface area contributed by atoms with Crippen molar-refractivity contribution in [1.29, 1.82) is 0 Å². The van der Waals surface area contributed by atoms with Gasteiger partial charge in [0.2, 0.25) is 0 Å². The summed E-state index contributed by atoms with van der Waals surface area (Å²) < 4.78 is 41.8. The van der Waals surface area contributed by atoms with Gasteiger partial charge in [-0.25, -0.2) is 18.4 Å². The molecule has 0 spiro atoms. The molecule has 0 amide bonds. The predicted octanol–water partition coefficient (Wildman–Crippen LogP) is 7.34. The van der Waals surface area contributed by atoms with Gasteiger partial charge in [0.15, 0.2) is 0 Å². The predicted molar refractivity (Wildman–Crippen MR) is 160 cm³/mol. The second-order valence-corrected chi connectivity index (χ2v) is 14.7. The van der Waals surface area contributed by atoms with E-state index in [1.807, 2.05) is 0 Å². The van der Waals surface area contributed by atoms with Crippen LogP contribution in [0.2, 0.25) is 0 Å². The molecule has 2 aliphatic rings. The molecule has 2 aromatic rings. The molecule has 2 atom stereocenters. The number of benzene rings is 2. The topological polar surface area (TPSA) is 76.7 Å². The molecule has 0 saturated carbocycles. The van der Waals surface area contributed by atoms with Crippen molar-refractivity contribution in [3.05, 3.63) is 59.2 Å². The van der Waals surface area contributed by atoms with Crippen LogP contribution in [0.4, 0.5) is 8.78 Å². The molecule has 2 N–H and O–H groups in total. The van der Waals surface area contributed by atoms with Gasteiger partial charge in [-0.1, -0.05) is 12.1 Å². The second-order valence-electron chi connectivity index (χ2n) is 14.7. The maximum absolute atomic E-state index is 15.2. The van der Waals surface area contributed by atoms with Crippen molar-refractivity contribution in [2.75, 3.05) is 0 Å². The van der Waals surface area contributed by atoms with Gasteiger partial charge in [-0.3, -0.25) is 0 Å². The molecule has 6 nitrogen and oxygen atoms in total. The molecule has 2 heterocycles. The summed E-state index contributed by atoms with van der Waals surface area (Å²) >= 11 is 0. The zero-order valence-corrected chi connectivity index (χ0v) is 26.3. The van der Waals surface area contributed by atoms with Gasteiger partial charge < -0.3 is 20.1 Å². The van der Waals surface area contributed by atoms with Gasteiger partial charge in [-0.2, -0.15) is 0 Å². The highest BCUT2D eigenvalue weighted by Gasteiger charge is 2.37. The van der Waals surface area contributed by atoms with E-state index < -0.39 is 23.6 Å². The third-order valence-electron chi connectivity index (χ3n) is 8.26. The number of ether oxygens (including phenoxy) is 2. The number of rotatable bonds is 5. The molecule has 2 aromatic carbocycles. The van der Waals surface area contributed by atoms with Gasteiger partial charge in [0.05, 0.1) is 11.1 Å².